The van der Waals surface area contributed by atoms with Crippen molar-refractivity contribution in [3.63, 3.8) is 0 Å². The molecular weight excluding hydrogens is 382 g/mol. The van der Waals surface area contributed by atoms with Gasteiger partial charge in [0.25, 0.3) is 0 Å². The number of hydrazine groups is 1. The predicted molar refractivity (Wildman–Crippen MR) is 118 cm³/mol. The van der Waals surface area contributed by atoms with Gasteiger partial charge in [-0.1, -0.05) is 25.8 Å². The third kappa shape index (κ3) is 5.59. The first-order valence-corrected chi connectivity index (χ1v) is 10.2. The summed E-state index contributed by atoms with van der Waals surface area (Å²) in [5.74, 6) is 0.436. The monoisotopic (exact) mass is 411 g/mol. The summed E-state index contributed by atoms with van der Waals surface area (Å²) >= 11 is 0. The van der Waals surface area contributed by atoms with Crippen LogP contribution >= 0.6 is 0 Å². The van der Waals surface area contributed by atoms with Gasteiger partial charge in [-0.25, -0.2) is 24.9 Å². The van der Waals surface area contributed by atoms with Crippen molar-refractivity contribution in [1.82, 2.24) is 25.2 Å². The molecule has 9 nitrogen and oxygen atoms in total. The highest BCUT2D eigenvalue weighted by Crippen LogP contribution is 2.22. The summed E-state index contributed by atoms with van der Waals surface area (Å²) in [4.78, 5) is 20.5. The first kappa shape index (κ1) is 21.4. The number of nitrogens with zero attached hydrogens (tertiary/aromatic N) is 4. The highest BCUT2D eigenvalue weighted by molar-refractivity contribution is 5.87. The minimum absolute atomic E-state index is 0.436. The fourth-order valence-corrected chi connectivity index (χ4v) is 2.90. The smallest absolute Gasteiger partial charge is 0.426 e. The first-order valence-electron chi connectivity index (χ1n) is 10.2. The van der Waals surface area contributed by atoms with E-state index in [-0.39, 0.29) is 0 Å². The lowest BCUT2D eigenvalue weighted by atomic mass is 10.2. The SMILES string of the molecule is CCCCCNc1cccc(-n2ncc3c(NNC(=O)OC(C)(C)C)ncnc32)c1. The van der Waals surface area contributed by atoms with E-state index in [0.29, 0.717) is 16.9 Å². The number of anilines is 2. The zero-order chi connectivity index (χ0) is 21.6. The van der Waals surface area contributed by atoms with Crippen molar-refractivity contribution < 1.29 is 9.53 Å². The Morgan fingerprint density at radius 3 is 2.80 bits per heavy atom. The van der Waals surface area contributed by atoms with Crippen LogP contribution in [0.1, 0.15) is 47.0 Å². The number of rotatable bonds is 8. The first-order chi connectivity index (χ1) is 14.4. The van der Waals surface area contributed by atoms with Gasteiger partial charge in [-0.15, -0.1) is 0 Å². The van der Waals surface area contributed by atoms with Crippen molar-refractivity contribution in [3.8, 4) is 5.69 Å². The second-order valence-corrected chi connectivity index (χ2v) is 7.95. The number of aromatic nitrogens is 4. The number of carbonyl (C=O) groups is 1. The van der Waals surface area contributed by atoms with Gasteiger partial charge in [0.15, 0.2) is 11.5 Å². The quantitative estimate of drug-likeness (QED) is 0.375. The third-order valence-corrected chi connectivity index (χ3v) is 4.25. The number of ether oxygens (including phenoxy) is 1. The minimum Gasteiger partial charge on any atom is -0.443 e. The van der Waals surface area contributed by atoms with E-state index < -0.39 is 11.7 Å². The van der Waals surface area contributed by atoms with Gasteiger partial charge in [-0.05, 0) is 45.4 Å². The van der Waals surface area contributed by atoms with Crippen LogP contribution in [0.25, 0.3) is 16.7 Å². The standard InChI is InChI=1S/C21H29N7O2/c1-5-6-7-11-22-15-9-8-10-16(12-15)28-19-17(13-25-28)18(23-14-24-19)26-27-20(29)30-21(2,3)4/h8-10,12-14,22H,5-7,11H2,1-4H3,(H,27,29)(H,23,24,26). The Bertz CT molecular complexity index is 994. The summed E-state index contributed by atoms with van der Waals surface area (Å²) in [5.41, 5.74) is 7.23. The van der Waals surface area contributed by atoms with E-state index in [4.69, 9.17) is 4.74 Å². The topological polar surface area (TPSA) is 106 Å². The molecule has 0 saturated carbocycles. The number of carbonyl (C=O) groups excluding carboxylic acids is 1. The molecule has 30 heavy (non-hydrogen) atoms. The molecule has 1 amide bonds. The summed E-state index contributed by atoms with van der Waals surface area (Å²) < 4.78 is 6.97. The molecule has 0 spiro atoms. The lowest BCUT2D eigenvalue weighted by Crippen LogP contribution is -2.36. The Morgan fingerprint density at radius 2 is 2.03 bits per heavy atom. The van der Waals surface area contributed by atoms with Crippen LogP contribution in [0.5, 0.6) is 0 Å². The Morgan fingerprint density at radius 1 is 1.20 bits per heavy atom. The summed E-state index contributed by atoms with van der Waals surface area (Å²) in [7, 11) is 0. The van der Waals surface area contributed by atoms with Crippen LogP contribution in [-0.4, -0.2) is 38.0 Å². The van der Waals surface area contributed by atoms with Crippen molar-refractivity contribution in [3.05, 3.63) is 36.8 Å². The molecule has 0 aliphatic carbocycles. The van der Waals surface area contributed by atoms with Crippen molar-refractivity contribution in [2.45, 2.75) is 52.6 Å². The average molecular weight is 412 g/mol. The Balaban J connectivity index is 1.76. The minimum atomic E-state index is -0.594. The van der Waals surface area contributed by atoms with Crippen molar-refractivity contribution in [2.75, 3.05) is 17.3 Å². The van der Waals surface area contributed by atoms with E-state index in [1.54, 1.807) is 31.6 Å². The Kier molecular flexibility index (Phi) is 6.71. The van der Waals surface area contributed by atoms with E-state index in [0.717, 1.165) is 24.3 Å². The van der Waals surface area contributed by atoms with Crippen LogP contribution in [-0.2, 0) is 4.74 Å². The highest BCUT2D eigenvalue weighted by atomic mass is 16.6. The van der Waals surface area contributed by atoms with Crippen molar-refractivity contribution >= 4 is 28.6 Å². The van der Waals surface area contributed by atoms with Crippen LogP contribution in [0.2, 0.25) is 0 Å². The number of amides is 1. The molecule has 3 rings (SSSR count). The van der Waals surface area contributed by atoms with Crippen LogP contribution in [0.15, 0.2) is 36.8 Å². The summed E-state index contributed by atoms with van der Waals surface area (Å²) in [5, 5.41) is 8.59. The van der Waals surface area contributed by atoms with E-state index in [1.165, 1.54) is 19.2 Å². The van der Waals surface area contributed by atoms with Gasteiger partial charge in [0.2, 0.25) is 0 Å². The van der Waals surface area contributed by atoms with Gasteiger partial charge in [0, 0.05) is 12.2 Å². The Hall–Kier alpha value is -3.36. The molecule has 3 N–H and O–H groups in total. The highest BCUT2D eigenvalue weighted by Gasteiger charge is 2.17. The molecule has 160 valence electrons. The largest absolute Gasteiger partial charge is 0.443 e. The summed E-state index contributed by atoms with van der Waals surface area (Å²) in [6, 6.07) is 8.02. The summed E-state index contributed by atoms with van der Waals surface area (Å²) in [6.07, 6.45) is 6.03. The average Bonchev–Trinajstić information content (AvgIpc) is 3.13. The predicted octanol–water partition coefficient (Wildman–Crippen LogP) is 4.27. The second kappa shape index (κ2) is 9.43. The Labute approximate surface area is 176 Å². The molecular formula is C21H29N7O2. The van der Waals surface area contributed by atoms with Gasteiger partial charge in [0.1, 0.15) is 11.9 Å². The number of fused-ring (bicyclic) bond motifs is 1. The van der Waals surface area contributed by atoms with Gasteiger partial charge in [0.05, 0.1) is 17.3 Å². The maximum Gasteiger partial charge on any atom is 0.426 e. The normalized spacial score (nSPS) is 11.3. The van der Waals surface area contributed by atoms with E-state index in [9.17, 15) is 4.79 Å². The molecule has 2 aromatic heterocycles. The van der Waals surface area contributed by atoms with Gasteiger partial charge >= 0.3 is 6.09 Å². The lowest BCUT2D eigenvalue weighted by molar-refractivity contribution is 0.0541. The maximum atomic E-state index is 11.9. The molecule has 0 fully saturated rings. The molecule has 0 radical (unpaired) electrons. The number of nitrogens with one attached hydrogen (secondary N) is 3. The molecule has 0 bridgehead atoms. The molecule has 1 aromatic carbocycles. The van der Waals surface area contributed by atoms with Crippen molar-refractivity contribution in [2.24, 2.45) is 0 Å². The zero-order valence-electron chi connectivity index (χ0n) is 17.9. The maximum absolute atomic E-state index is 11.9. The van der Waals surface area contributed by atoms with E-state index in [2.05, 4.69) is 38.2 Å². The fraction of sp³-hybridized carbons (Fsp3) is 0.429. The van der Waals surface area contributed by atoms with Crippen LogP contribution in [0.4, 0.5) is 16.3 Å². The molecule has 0 saturated heterocycles. The van der Waals surface area contributed by atoms with Gasteiger partial charge in [-0.3, -0.25) is 5.43 Å². The number of hydrogen-bond acceptors (Lipinski definition) is 7. The third-order valence-electron chi connectivity index (χ3n) is 4.25. The summed E-state index contributed by atoms with van der Waals surface area (Å²) in [6.45, 7) is 8.52. The van der Waals surface area contributed by atoms with Crippen LogP contribution in [0, 0.1) is 0 Å². The van der Waals surface area contributed by atoms with Gasteiger partial charge in [-0.2, -0.15) is 5.10 Å². The number of hydrogen-bond donors (Lipinski definition) is 3. The zero-order valence-corrected chi connectivity index (χ0v) is 17.9. The van der Waals surface area contributed by atoms with Crippen molar-refractivity contribution in [1.29, 1.82) is 0 Å². The fourth-order valence-electron chi connectivity index (χ4n) is 2.90. The molecule has 3 aromatic rings. The van der Waals surface area contributed by atoms with Crippen LogP contribution in [0.3, 0.4) is 0 Å². The molecule has 2 heterocycles. The number of unbranched alkanes of at least 4 members (excludes halogenated alkanes) is 2. The number of benzene rings is 1. The van der Waals surface area contributed by atoms with Crippen LogP contribution < -0.4 is 16.2 Å². The second-order valence-electron chi connectivity index (χ2n) is 7.95. The molecule has 0 aliphatic rings. The molecule has 9 heteroatoms. The molecule has 0 unspecified atom stereocenters. The van der Waals surface area contributed by atoms with Gasteiger partial charge < -0.3 is 10.1 Å². The lowest BCUT2D eigenvalue weighted by Gasteiger charge is -2.19. The van der Waals surface area contributed by atoms with E-state index in [1.807, 2.05) is 24.3 Å². The molecule has 0 atom stereocenters. The van der Waals surface area contributed by atoms with E-state index >= 15 is 0 Å². The molecule has 0 aliphatic heterocycles.